The number of carboxylic acid groups (broad SMARTS) is 1. The van der Waals surface area contributed by atoms with Crippen LogP contribution in [0.4, 0.5) is 21.9 Å². The lowest BCUT2D eigenvalue weighted by atomic mass is 10.1. The quantitative estimate of drug-likeness (QED) is 0.251. The van der Waals surface area contributed by atoms with Gasteiger partial charge in [-0.3, -0.25) is 14.4 Å². The number of nitrogens with zero attached hydrogens (tertiary/aromatic N) is 2. The highest BCUT2D eigenvalue weighted by Gasteiger charge is 2.18. The van der Waals surface area contributed by atoms with Crippen molar-refractivity contribution in [2.45, 2.75) is 26.7 Å². The smallest absolute Gasteiger partial charge is 0.319 e. The topological polar surface area (TPSA) is 128 Å². The van der Waals surface area contributed by atoms with Crippen LogP contribution in [0.25, 0.3) is 0 Å². The fourth-order valence-electron chi connectivity index (χ4n) is 4.02. The van der Waals surface area contributed by atoms with Crippen molar-refractivity contribution in [1.82, 2.24) is 5.32 Å². The number of hydrogen-bond donors (Lipinski definition) is 3. The van der Waals surface area contributed by atoms with Gasteiger partial charge in [-0.1, -0.05) is 48.0 Å². The lowest BCUT2D eigenvalue weighted by Gasteiger charge is -2.23. The van der Waals surface area contributed by atoms with E-state index >= 15 is 0 Å². The second-order valence-electron chi connectivity index (χ2n) is 9.77. The minimum absolute atomic E-state index is 0.170. The third kappa shape index (κ3) is 10.1. The lowest BCUT2D eigenvalue weighted by Crippen LogP contribution is -2.42. The molecule has 42 heavy (non-hydrogen) atoms. The molecule has 220 valence electrons. The van der Waals surface area contributed by atoms with Crippen LogP contribution in [0.2, 0.25) is 0 Å². The maximum absolute atomic E-state index is 13.3. The fraction of sp³-hybridized carbons (Fsp3) is 0.250. The molecule has 3 aromatic rings. The fourth-order valence-corrected chi connectivity index (χ4v) is 4.02. The summed E-state index contributed by atoms with van der Waals surface area (Å²) in [7, 11) is 1.68. The number of amides is 4. The zero-order valence-corrected chi connectivity index (χ0v) is 24.0. The zero-order chi connectivity index (χ0) is 30.5. The summed E-state index contributed by atoms with van der Waals surface area (Å²) >= 11 is 0. The molecule has 0 aromatic heterocycles. The molecule has 0 heterocycles. The number of carbonyl (C=O) groups excluding carboxylic acids is 3. The monoisotopic (exact) mass is 572 g/mol. The van der Waals surface area contributed by atoms with Crippen molar-refractivity contribution in [2.75, 3.05) is 41.9 Å². The van der Waals surface area contributed by atoms with Gasteiger partial charge in [-0.15, -0.1) is 0 Å². The number of urea groups is 1. The summed E-state index contributed by atoms with van der Waals surface area (Å²) in [6.07, 6.45) is 2.45. The summed E-state index contributed by atoms with van der Waals surface area (Å²) in [5.41, 5.74) is 3.38. The number of nitrogens with one attached hydrogen (secondary N) is 2. The van der Waals surface area contributed by atoms with Crippen LogP contribution in [-0.4, -0.2) is 55.7 Å². The Morgan fingerprint density at radius 2 is 1.60 bits per heavy atom. The number of carbonyl (C=O) groups is 4. The molecule has 0 radical (unpaired) electrons. The van der Waals surface area contributed by atoms with Gasteiger partial charge in [0.1, 0.15) is 5.75 Å². The molecule has 0 saturated carbocycles. The Kier molecular flexibility index (Phi) is 11.7. The lowest BCUT2D eigenvalue weighted by molar-refractivity contribution is -0.136. The van der Waals surface area contributed by atoms with Crippen LogP contribution in [-0.2, 0) is 20.8 Å². The van der Waals surface area contributed by atoms with Crippen molar-refractivity contribution in [1.29, 1.82) is 0 Å². The molecule has 0 unspecified atom stereocenters. The first-order valence-electron chi connectivity index (χ1n) is 13.5. The third-order valence-corrected chi connectivity index (χ3v) is 6.16. The molecule has 0 aliphatic rings. The van der Waals surface area contributed by atoms with E-state index in [0.717, 1.165) is 11.3 Å². The Bertz CT molecular complexity index is 1420. The van der Waals surface area contributed by atoms with Crippen molar-refractivity contribution < 1.29 is 29.0 Å². The number of benzene rings is 3. The van der Waals surface area contributed by atoms with Crippen LogP contribution in [0, 0.1) is 0 Å². The van der Waals surface area contributed by atoms with Crippen LogP contribution in [0.5, 0.6) is 5.75 Å². The Morgan fingerprint density at radius 1 is 0.881 bits per heavy atom. The van der Waals surface area contributed by atoms with Crippen molar-refractivity contribution in [3.8, 4) is 5.75 Å². The van der Waals surface area contributed by atoms with Gasteiger partial charge in [0.2, 0.25) is 5.91 Å². The Balaban J connectivity index is 1.64. The first-order valence-corrected chi connectivity index (χ1v) is 13.5. The standard InChI is InChI=1S/C32H36N4O6/c1-23(2)10-9-17-36(29(37)21-33-32(41)34-25-12-7-11-24(18-25)19-31(39)40)27-15-8-16-28(20-27)42-22-30(38)35(3)26-13-5-4-6-14-26/h4-8,10-16,18,20H,9,17,19,21-22H2,1-3H3,(H,39,40)(H2,33,34,41). The van der Waals surface area contributed by atoms with Gasteiger partial charge < -0.3 is 30.3 Å². The Labute approximate surface area is 245 Å². The highest BCUT2D eigenvalue weighted by molar-refractivity contribution is 5.99. The van der Waals surface area contributed by atoms with Gasteiger partial charge in [0.15, 0.2) is 6.61 Å². The molecule has 0 aliphatic carbocycles. The number of allylic oxidation sites excluding steroid dienone is 1. The largest absolute Gasteiger partial charge is 0.484 e. The molecule has 0 bridgehead atoms. The second-order valence-corrected chi connectivity index (χ2v) is 9.77. The van der Waals surface area contributed by atoms with Gasteiger partial charge in [-0.25, -0.2) is 4.79 Å². The molecular formula is C32H36N4O6. The van der Waals surface area contributed by atoms with E-state index in [1.165, 1.54) is 4.90 Å². The molecular weight excluding hydrogens is 536 g/mol. The predicted octanol–water partition coefficient (Wildman–Crippen LogP) is 4.87. The van der Waals surface area contributed by atoms with Crippen LogP contribution in [0.15, 0.2) is 90.5 Å². The van der Waals surface area contributed by atoms with Crippen molar-refractivity contribution >= 4 is 40.9 Å². The van der Waals surface area contributed by atoms with E-state index in [-0.39, 0.29) is 31.4 Å². The number of hydrogen-bond acceptors (Lipinski definition) is 5. The molecule has 3 aromatic carbocycles. The maximum atomic E-state index is 13.3. The van der Waals surface area contributed by atoms with Crippen LogP contribution in [0.1, 0.15) is 25.8 Å². The first kappa shape index (κ1) is 31.4. The van der Waals surface area contributed by atoms with E-state index in [1.807, 2.05) is 50.3 Å². The van der Waals surface area contributed by atoms with E-state index < -0.39 is 12.0 Å². The minimum atomic E-state index is -0.976. The van der Waals surface area contributed by atoms with E-state index in [4.69, 9.17) is 9.84 Å². The summed E-state index contributed by atoms with van der Waals surface area (Å²) < 4.78 is 5.76. The van der Waals surface area contributed by atoms with Gasteiger partial charge in [-0.2, -0.15) is 0 Å². The number of ether oxygens (including phenoxy) is 1. The highest BCUT2D eigenvalue weighted by Crippen LogP contribution is 2.22. The molecule has 3 N–H and O–H groups in total. The molecule has 0 atom stereocenters. The Hall–Kier alpha value is -5.12. The number of para-hydroxylation sites is 1. The van der Waals surface area contributed by atoms with Crippen LogP contribution in [0.3, 0.4) is 0 Å². The predicted molar refractivity (Wildman–Crippen MR) is 163 cm³/mol. The molecule has 10 heteroatoms. The Morgan fingerprint density at radius 3 is 2.31 bits per heavy atom. The number of anilines is 3. The number of aliphatic carboxylic acids is 1. The second kappa shape index (κ2) is 15.6. The molecule has 0 saturated heterocycles. The third-order valence-electron chi connectivity index (χ3n) is 6.16. The van der Waals surface area contributed by atoms with Gasteiger partial charge in [0, 0.05) is 36.7 Å². The zero-order valence-electron chi connectivity index (χ0n) is 24.0. The normalized spacial score (nSPS) is 10.3. The average molecular weight is 573 g/mol. The van der Waals surface area contributed by atoms with E-state index in [2.05, 4.69) is 10.6 Å². The number of carboxylic acids is 1. The molecule has 0 aliphatic heterocycles. The van der Waals surface area contributed by atoms with E-state index in [1.54, 1.807) is 60.5 Å². The maximum Gasteiger partial charge on any atom is 0.319 e. The van der Waals surface area contributed by atoms with Crippen molar-refractivity contribution in [3.63, 3.8) is 0 Å². The minimum Gasteiger partial charge on any atom is -0.484 e. The molecule has 3 rings (SSSR count). The summed E-state index contributed by atoms with van der Waals surface area (Å²) in [6, 6.07) is 22.0. The van der Waals surface area contributed by atoms with E-state index in [0.29, 0.717) is 35.7 Å². The summed E-state index contributed by atoms with van der Waals surface area (Å²) in [4.78, 5) is 52.5. The summed E-state index contributed by atoms with van der Waals surface area (Å²) in [6.45, 7) is 3.85. The van der Waals surface area contributed by atoms with Gasteiger partial charge >= 0.3 is 12.0 Å². The number of likely N-dealkylation sites (N-methyl/N-ethyl adjacent to an activating group) is 1. The summed E-state index contributed by atoms with van der Waals surface area (Å²) in [5.74, 6) is -1.12. The number of rotatable bonds is 13. The van der Waals surface area contributed by atoms with Gasteiger partial charge in [-0.05, 0) is 62.2 Å². The van der Waals surface area contributed by atoms with Gasteiger partial charge in [0.05, 0.1) is 13.0 Å². The van der Waals surface area contributed by atoms with E-state index in [9.17, 15) is 19.2 Å². The average Bonchev–Trinajstić information content (AvgIpc) is 2.97. The first-order chi connectivity index (χ1) is 20.1. The SMILES string of the molecule is CC(C)=CCCN(C(=O)CNC(=O)Nc1cccc(CC(=O)O)c1)c1cccc(OCC(=O)N(C)c2ccccc2)c1. The van der Waals surface area contributed by atoms with Crippen molar-refractivity contribution in [2.24, 2.45) is 0 Å². The molecule has 0 spiro atoms. The van der Waals surface area contributed by atoms with Gasteiger partial charge in [0.25, 0.3) is 5.91 Å². The molecule has 4 amide bonds. The van der Waals surface area contributed by atoms with Crippen LogP contribution < -0.4 is 25.2 Å². The molecule has 10 nitrogen and oxygen atoms in total. The highest BCUT2D eigenvalue weighted by atomic mass is 16.5. The van der Waals surface area contributed by atoms with Crippen LogP contribution >= 0.6 is 0 Å². The van der Waals surface area contributed by atoms with Crippen molar-refractivity contribution in [3.05, 3.63) is 96.1 Å². The molecule has 0 fully saturated rings. The summed E-state index contributed by atoms with van der Waals surface area (Å²) in [5, 5.41) is 14.2.